The van der Waals surface area contributed by atoms with Crippen LogP contribution in [0.2, 0.25) is 0 Å². The number of esters is 1. The van der Waals surface area contributed by atoms with Gasteiger partial charge in [0.25, 0.3) is 0 Å². The fourth-order valence-electron chi connectivity index (χ4n) is 2.41. The van der Waals surface area contributed by atoms with Gasteiger partial charge in [-0.1, -0.05) is 30.7 Å². The molecule has 1 unspecified atom stereocenters. The quantitative estimate of drug-likeness (QED) is 0.629. The van der Waals surface area contributed by atoms with E-state index < -0.39 is 22.0 Å². The zero-order chi connectivity index (χ0) is 15.6. The smallest absolute Gasteiger partial charge is 0.328 e. The van der Waals surface area contributed by atoms with Crippen molar-refractivity contribution in [2.75, 3.05) is 13.7 Å². The third kappa shape index (κ3) is 2.87. The first kappa shape index (κ1) is 15.7. The lowest BCUT2D eigenvalue weighted by molar-refractivity contribution is -0.143. The molecule has 0 aliphatic carbocycles. The number of ether oxygens (including phenoxy) is 1. The summed E-state index contributed by atoms with van der Waals surface area (Å²) in [5, 5.41) is 0. The second kappa shape index (κ2) is 5.99. The van der Waals surface area contributed by atoms with Gasteiger partial charge in [-0.25, -0.2) is 13.2 Å². The summed E-state index contributed by atoms with van der Waals surface area (Å²) in [6.07, 6.45) is 2.40. The number of hydrogen-bond acceptors (Lipinski definition) is 4. The summed E-state index contributed by atoms with van der Waals surface area (Å²) in [5.74, 6) is -0.545. The molecule has 5 nitrogen and oxygen atoms in total. The van der Waals surface area contributed by atoms with Crippen molar-refractivity contribution in [1.82, 2.24) is 4.31 Å². The van der Waals surface area contributed by atoms with Crippen molar-refractivity contribution in [3.05, 3.63) is 41.5 Å². The molecule has 1 heterocycles. The van der Waals surface area contributed by atoms with Gasteiger partial charge in [-0.3, -0.25) is 0 Å². The van der Waals surface area contributed by atoms with E-state index in [9.17, 15) is 13.2 Å². The van der Waals surface area contributed by atoms with Gasteiger partial charge in [0, 0.05) is 6.54 Å². The number of benzene rings is 1. The van der Waals surface area contributed by atoms with Crippen molar-refractivity contribution in [2.45, 2.75) is 31.2 Å². The standard InChI is InChI=1S/C15H19NO4S/c1-4-12-9-10-16(14(12)15(17)20-3)21(18,19)13-7-5-11(2)6-8-13/h5-9,14H,4,10H2,1-3H3. The maximum Gasteiger partial charge on any atom is 0.328 e. The third-order valence-corrected chi connectivity index (χ3v) is 5.48. The molecule has 0 N–H and O–H groups in total. The van der Waals surface area contributed by atoms with E-state index in [4.69, 9.17) is 4.74 Å². The van der Waals surface area contributed by atoms with Gasteiger partial charge in [0.15, 0.2) is 0 Å². The summed E-state index contributed by atoms with van der Waals surface area (Å²) in [6.45, 7) is 3.98. The number of carbonyl (C=O) groups excluding carboxylic acids is 1. The van der Waals surface area contributed by atoms with E-state index in [2.05, 4.69) is 0 Å². The van der Waals surface area contributed by atoms with Crippen LogP contribution in [0.25, 0.3) is 0 Å². The van der Waals surface area contributed by atoms with E-state index in [1.165, 1.54) is 11.4 Å². The van der Waals surface area contributed by atoms with Crippen LogP contribution in [0.1, 0.15) is 18.9 Å². The minimum absolute atomic E-state index is 0.188. The zero-order valence-electron chi connectivity index (χ0n) is 12.4. The molecule has 0 fully saturated rings. The Morgan fingerprint density at radius 3 is 2.48 bits per heavy atom. The molecule has 21 heavy (non-hydrogen) atoms. The lowest BCUT2D eigenvalue weighted by atomic mass is 10.1. The Morgan fingerprint density at radius 1 is 1.33 bits per heavy atom. The number of methoxy groups -OCH3 is 1. The second-order valence-electron chi connectivity index (χ2n) is 4.95. The van der Waals surface area contributed by atoms with E-state index in [1.54, 1.807) is 30.3 Å². The number of hydrogen-bond donors (Lipinski definition) is 0. The predicted molar refractivity (Wildman–Crippen MR) is 79.2 cm³/mol. The number of rotatable bonds is 4. The molecule has 0 amide bonds. The van der Waals surface area contributed by atoms with Gasteiger partial charge in [0.2, 0.25) is 10.0 Å². The molecule has 1 aliphatic rings. The highest BCUT2D eigenvalue weighted by Crippen LogP contribution is 2.28. The first-order chi connectivity index (χ1) is 9.91. The van der Waals surface area contributed by atoms with E-state index in [-0.39, 0.29) is 11.4 Å². The van der Waals surface area contributed by atoms with E-state index >= 15 is 0 Å². The Hall–Kier alpha value is -1.66. The van der Waals surface area contributed by atoms with Gasteiger partial charge in [-0.15, -0.1) is 0 Å². The van der Waals surface area contributed by atoms with Crippen LogP contribution >= 0.6 is 0 Å². The number of aryl methyl sites for hydroxylation is 1. The fourth-order valence-corrected chi connectivity index (χ4v) is 3.93. The largest absolute Gasteiger partial charge is 0.468 e. The van der Waals surface area contributed by atoms with Crippen LogP contribution in [0.5, 0.6) is 0 Å². The monoisotopic (exact) mass is 309 g/mol. The Kier molecular flexibility index (Phi) is 4.49. The normalized spacial score (nSPS) is 19.4. The molecular formula is C15H19NO4S. The van der Waals surface area contributed by atoms with Crippen molar-refractivity contribution < 1.29 is 17.9 Å². The fraction of sp³-hybridized carbons (Fsp3) is 0.400. The average Bonchev–Trinajstić information content (AvgIpc) is 2.91. The predicted octanol–water partition coefficient (Wildman–Crippen LogP) is 1.88. The highest BCUT2D eigenvalue weighted by Gasteiger charge is 2.41. The van der Waals surface area contributed by atoms with Gasteiger partial charge in [-0.2, -0.15) is 4.31 Å². The van der Waals surface area contributed by atoms with Gasteiger partial charge >= 0.3 is 5.97 Å². The summed E-state index contributed by atoms with van der Waals surface area (Å²) in [7, 11) is -2.45. The molecule has 0 spiro atoms. The average molecular weight is 309 g/mol. The topological polar surface area (TPSA) is 63.7 Å². The summed E-state index contributed by atoms with van der Waals surface area (Å²) in [4.78, 5) is 12.1. The van der Waals surface area contributed by atoms with E-state index in [0.29, 0.717) is 6.42 Å². The molecule has 6 heteroatoms. The summed E-state index contributed by atoms with van der Waals surface area (Å²) >= 11 is 0. The third-order valence-electron chi connectivity index (χ3n) is 3.63. The first-order valence-electron chi connectivity index (χ1n) is 6.77. The van der Waals surface area contributed by atoms with E-state index in [0.717, 1.165) is 11.1 Å². The Labute approximate surface area is 125 Å². The molecular weight excluding hydrogens is 290 g/mol. The lowest BCUT2D eigenvalue weighted by Crippen LogP contribution is -2.43. The minimum atomic E-state index is -3.72. The molecule has 114 valence electrons. The zero-order valence-corrected chi connectivity index (χ0v) is 13.2. The molecule has 1 aliphatic heterocycles. The van der Waals surface area contributed by atoms with Crippen molar-refractivity contribution in [1.29, 1.82) is 0 Å². The van der Waals surface area contributed by atoms with Gasteiger partial charge in [0.05, 0.1) is 12.0 Å². The van der Waals surface area contributed by atoms with Gasteiger partial charge < -0.3 is 4.74 Å². The molecule has 0 radical (unpaired) electrons. The van der Waals surface area contributed by atoms with Crippen LogP contribution < -0.4 is 0 Å². The highest BCUT2D eigenvalue weighted by atomic mass is 32.2. The maximum atomic E-state index is 12.7. The van der Waals surface area contributed by atoms with Gasteiger partial charge in [0.1, 0.15) is 6.04 Å². The Balaban J connectivity index is 2.40. The Morgan fingerprint density at radius 2 is 1.95 bits per heavy atom. The SMILES string of the molecule is CCC1=CCN(S(=O)(=O)c2ccc(C)cc2)C1C(=O)OC. The summed E-state index contributed by atoms with van der Waals surface area (Å²) in [6, 6.07) is 5.74. The van der Waals surface area contributed by atoms with Crippen molar-refractivity contribution >= 4 is 16.0 Å². The van der Waals surface area contributed by atoms with Crippen LogP contribution in [0, 0.1) is 6.92 Å². The van der Waals surface area contributed by atoms with E-state index in [1.807, 2.05) is 13.8 Å². The number of nitrogens with zero attached hydrogens (tertiary/aromatic N) is 1. The number of carbonyl (C=O) groups is 1. The summed E-state index contributed by atoms with van der Waals surface area (Å²) in [5.41, 5.74) is 1.75. The molecule has 2 rings (SSSR count). The minimum Gasteiger partial charge on any atom is -0.468 e. The maximum absolute atomic E-state index is 12.7. The van der Waals surface area contributed by atoms with Crippen LogP contribution in [0.4, 0.5) is 0 Å². The molecule has 1 aromatic rings. The van der Waals surface area contributed by atoms with Crippen LogP contribution in [0.3, 0.4) is 0 Å². The molecule has 1 atom stereocenters. The van der Waals surface area contributed by atoms with Crippen LogP contribution in [-0.2, 0) is 19.6 Å². The second-order valence-corrected chi connectivity index (χ2v) is 6.84. The van der Waals surface area contributed by atoms with Crippen LogP contribution in [-0.4, -0.2) is 38.4 Å². The van der Waals surface area contributed by atoms with Crippen molar-refractivity contribution in [3.63, 3.8) is 0 Å². The van der Waals surface area contributed by atoms with Gasteiger partial charge in [-0.05, 0) is 31.1 Å². The molecule has 0 aromatic heterocycles. The lowest BCUT2D eigenvalue weighted by Gasteiger charge is -2.24. The first-order valence-corrected chi connectivity index (χ1v) is 8.21. The van der Waals surface area contributed by atoms with Crippen LogP contribution in [0.15, 0.2) is 40.8 Å². The molecule has 0 saturated carbocycles. The molecule has 1 aromatic carbocycles. The molecule has 0 saturated heterocycles. The Bertz CT molecular complexity index is 661. The van der Waals surface area contributed by atoms with Crippen molar-refractivity contribution in [2.24, 2.45) is 0 Å². The van der Waals surface area contributed by atoms with Crippen molar-refractivity contribution in [3.8, 4) is 0 Å². The highest BCUT2D eigenvalue weighted by molar-refractivity contribution is 7.89. The summed E-state index contributed by atoms with van der Waals surface area (Å²) < 4.78 is 31.4. The number of sulfonamides is 1. The molecule has 0 bridgehead atoms.